The van der Waals surface area contributed by atoms with Gasteiger partial charge in [0.15, 0.2) is 11.6 Å². The number of carbonyl (C=O) groups excluding carboxylic acids is 3. The van der Waals surface area contributed by atoms with Gasteiger partial charge in [0.25, 0.3) is 6.29 Å². The minimum atomic E-state index is -0.980. The van der Waals surface area contributed by atoms with E-state index in [9.17, 15) is 19.5 Å². The van der Waals surface area contributed by atoms with Gasteiger partial charge < -0.3 is 14.6 Å². The molecule has 2 aromatic carbocycles. The number of phenols is 1. The van der Waals surface area contributed by atoms with Crippen LogP contribution in [0.4, 0.5) is 0 Å². The molecule has 1 N–H and O–H groups in total. The van der Waals surface area contributed by atoms with Gasteiger partial charge in [-0.15, -0.1) is 0 Å². The van der Waals surface area contributed by atoms with E-state index in [2.05, 4.69) is 0 Å². The summed E-state index contributed by atoms with van der Waals surface area (Å²) < 4.78 is 10.4. The molecule has 1 heterocycles. The fourth-order valence-corrected chi connectivity index (χ4v) is 2.81. The number of esters is 1. The summed E-state index contributed by atoms with van der Waals surface area (Å²) in [4.78, 5) is 36.6. The van der Waals surface area contributed by atoms with Crippen LogP contribution in [-0.4, -0.2) is 28.9 Å². The molecule has 1 aliphatic heterocycles. The second-order valence-electron chi connectivity index (χ2n) is 5.32. The van der Waals surface area contributed by atoms with Crippen molar-refractivity contribution in [2.24, 2.45) is 0 Å². The molecule has 0 saturated carbocycles. The molecule has 0 amide bonds. The summed E-state index contributed by atoms with van der Waals surface area (Å²) in [5, 5.41) is 10.1. The number of cyclic esters (lactones) is 1. The molecule has 0 bridgehead atoms. The zero-order valence-electron chi connectivity index (χ0n) is 12.2. The Labute approximate surface area is 135 Å². The number of hydrogen-bond acceptors (Lipinski definition) is 6. The molecular weight excluding hydrogens is 312 g/mol. The molecule has 6 nitrogen and oxygen atoms in total. The summed E-state index contributed by atoms with van der Waals surface area (Å²) in [6.07, 6.45) is 1.62. The van der Waals surface area contributed by atoms with Crippen LogP contribution in [0.15, 0.2) is 48.6 Å². The first-order valence-corrected chi connectivity index (χ1v) is 7.16. The van der Waals surface area contributed by atoms with E-state index >= 15 is 0 Å². The van der Waals surface area contributed by atoms with Crippen molar-refractivity contribution in [3.05, 3.63) is 70.8 Å². The Bertz CT molecular complexity index is 941. The van der Waals surface area contributed by atoms with Crippen molar-refractivity contribution in [2.45, 2.75) is 6.29 Å². The van der Waals surface area contributed by atoms with Crippen LogP contribution in [0, 0.1) is 0 Å². The third-order valence-electron chi connectivity index (χ3n) is 3.88. The van der Waals surface area contributed by atoms with Crippen molar-refractivity contribution < 1.29 is 29.0 Å². The lowest BCUT2D eigenvalue weighted by molar-refractivity contribution is -0.147. The maximum atomic E-state index is 12.8. The van der Waals surface area contributed by atoms with Gasteiger partial charge in [-0.2, -0.15) is 0 Å². The van der Waals surface area contributed by atoms with Crippen LogP contribution >= 0.6 is 0 Å². The van der Waals surface area contributed by atoms with Gasteiger partial charge in [-0.1, -0.05) is 24.3 Å². The number of phenolic OH excluding ortho intramolecular Hbond substituents is 1. The molecule has 0 radical (unpaired) electrons. The van der Waals surface area contributed by atoms with Gasteiger partial charge in [-0.3, -0.25) is 9.59 Å². The van der Waals surface area contributed by atoms with Crippen LogP contribution in [0.2, 0.25) is 0 Å². The predicted octanol–water partition coefficient (Wildman–Crippen LogP) is 1.99. The van der Waals surface area contributed by atoms with Crippen LogP contribution in [0.5, 0.6) is 11.5 Å². The highest BCUT2D eigenvalue weighted by molar-refractivity contribution is 6.30. The summed E-state index contributed by atoms with van der Waals surface area (Å²) in [7, 11) is 0. The third kappa shape index (κ3) is 2.00. The van der Waals surface area contributed by atoms with Crippen molar-refractivity contribution >= 4 is 17.5 Å². The van der Waals surface area contributed by atoms with Crippen LogP contribution < -0.4 is 4.74 Å². The predicted molar refractivity (Wildman–Crippen MR) is 81.1 cm³/mol. The van der Waals surface area contributed by atoms with Crippen molar-refractivity contribution in [3.63, 3.8) is 0 Å². The first-order valence-electron chi connectivity index (χ1n) is 7.16. The summed E-state index contributed by atoms with van der Waals surface area (Å²) in [6, 6.07) is 9.02. The monoisotopic (exact) mass is 322 g/mol. The van der Waals surface area contributed by atoms with E-state index in [1.807, 2.05) is 0 Å². The average molecular weight is 322 g/mol. The summed E-state index contributed by atoms with van der Waals surface area (Å²) in [5.41, 5.74) is 0.332. The summed E-state index contributed by atoms with van der Waals surface area (Å²) >= 11 is 0. The zero-order chi connectivity index (χ0) is 16.8. The van der Waals surface area contributed by atoms with E-state index in [1.165, 1.54) is 30.4 Å². The lowest BCUT2D eigenvalue weighted by Gasteiger charge is -2.22. The summed E-state index contributed by atoms with van der Waals surface area (Å²) in [5.74, 6) is -1.67. The van der Waals surface area contributed by atoms with Gasteiger partial charge in [0.05, 0.1) is 11.1 Å². The number of aromatic hydroxyl groups is 1. The van der Waals surface area contributed by atoms with E-state index in [0.717, 1.165) is 0 Å². The Kier molecular flexibility index (Phi) is 2.99. The molecule has 0 saturated heterocycles. The van der Waals surface area contributed by atoms with Crippen LogP contribution in [0.3, 0.4) is 0 Å². The van der Waals surface area contributed by atoms with Crippen LogP contribution in [0.25, 0.3) is 0 Å². The van der Waals surface area contributed by atoms with Gasteiger partial charge in [0, 0.05) is 23.3 Å². The Hall–Kier alpha value is -3.41. The first-order chi connectivity index (χ1) is 11.6. The smallest absolute Gasteiger partial charge is 0.334 e. The van der Waals surface area contributed by atoms with Crippen molar-refractivity contribution in [2.75, 3.05) is 0 Å². The molecule has 1 aliphatic carbocycles. The van der Waals surface area contributed by atoms with Crippen molar-refractivity contribution in [1.29, 1.82) is 0 Å². The number of benzene rings is 2. The van der Waals surface area contributed by atoms with E-state index in [-0.39, 0.29) is 33.8 Å². The second-order valence-corrected chi connectivity index (χ2v) is 5.32. The molecule has 0 fully saturated rings. The molecule has 2 aliphatic rings. The normalized spacial score (nSPS) is 18.2. The first kappa shape index (κ1) is 14.2. The van der Waals surface area contributed by atoms with E-state index in [0.29, 0.717) is 0 Å². The summed E-state index contributed by atoms with van der Waals surface area (Å²) in [6.45, 7) is 0. The number of fused-ring (bicyclic) bond motifs is 2. The largest absolute Gasteiger partial charge is 0.507 e. The maximum Gasteiger partial charge on any atom is 0.334 e. The molecule has 1 atom stereocenters. The van der Waals surface area contributed by atoms with E-state index in [1.54, 1.807) is 18.2 Å². The minimum absolute atomic E-state index is 0.0324. The molecule has 0 aromatic heterocycles. The maximum absolute atomic E-state index is 12.8. The highest BCUT2D eigenvalue weighted by Crippen LogP contribution is 2.38. The van der Waals surface area contributed by atoms with Gasteiger partial charge in [-0.25, -0.2) is 4.79 Å². The van der Waals surface area contributed by atoms with Gasteiger partial charge in [0.1, 0.15) is 11.5 Å². The van der Waals surface area contributed by atoms with Gasteiger partial charge in [-0.05, 0) is 12.1 Å². The lowest BCUT2D eigenvalue weighted by Crippen LogP contribution is -2.24. The Morgan fingerprint density at radius 3 is 2.21 bits per heavy atom. The Balaban J connectivity index is 1.85. The fraction of sp³-hybridized carbons (Fsp3) is 0.0556. The third-order valence-corrected chi connectivity index (χ3v) is 3.88. The van der Waals surface area contributed by atoms with E-state index in [4.69, 9.17) is 9.47 Å². The van der Waals surface area contributed by atoms with Gasteiger partial charge in [0.2, 0.25) is 0 Å². The van der Waals surface area contributed by atoms with Crippen LogP contribution in [0.1, 0.15) is 31.8 Å². The number of rotatable bonds is 2. The highest BCUT2D eigenvalue weighted by Gasteiger charge is 2.35. The second kappa shape index (κ2) is 5.06. The fourth-order valence-electron chi connectivity index (χ4n) is 2.81. The van der Waals surface area contributed by atoms with E-state index < -0.39 is 23.8 Å². The standard InChI is InChI=1S/C18H10O6/c19-11-5-6-12(23-14-8-7-13(20)24-14)16-15(11)17(21)9-3-1-2-4-10(9)18(16)22/h1-8,14,19H. The zero-order valence-corrected chi connectivity index (χ0v) is 12.2. The molecule has 24 heavy (non-hydrogen) atoms. The minimum Gasteiger partial charge on any atom is -0.507 e. The van der Waals surface area contributed by atoms with Gasteiger partial charge >= 0.3 is 5.97 Å². The molecule has 6 heteroatoms. The molecule has 4 rings (SSSR count). The van der Waals surface area contributed by atoms with Crippen molar-refractivity contribution in [3.8, 4) is 11.5 Å². The highest BCUT2D eigenvalue weighted by atomic mass is 16.7. The topological polar surface area (TPSA) is 89.9 Å². The Morgan fingerprint density at radius 1 is 0.917 bits per heavy atom. The Morgan fingerprint density at radius 2 is 1.58 bits per heavy atom. The van der Waals surface area contributed by atoms with Crippen molar-refractivity contribution in [1.82, 2.24) is 0 Å². The number of carbonyl (C=O) groups is 3. The average Bonchev–Trinajstić information content (AvgIpc) is 2.99. The molecule has 1 unspecified atom stereocenters. The molecule has 2 aromatic rings. The number of hydrogen-bond donors (Lipinski definition) is 1. The lowest BCUT2D eigenvalue weighted by atomic mass is 9.83. The SMILES string of the molecule is O=C1C=CC(Oc2ccc(O)c3c2C(=O)c2ccccc2C3=O)O1. The molecular formula is C18H10O6. The molecule has 118 valence electrons. The number of ketones is 2. The number of ether oxygens (including phenoxy) is 2. The van der Waals surface area contributed by atoms with Crippen LogP contribution in [-0.2, 0) is 9.53 Å². The molecule has 0 spiro atoms. The quantitative estimate of drug-likeness (QED) is 0.726.